The molecule has 1 aliphatic heterocycles. The second-order valence-corrected chi connectivity index (χ2v) is 6.84. The van der Waals surface area contributed by atoms with Gasteiger partial charge in [0.15, 0.2) is 6.10 Å². The lowest BCUT2D eigenvalue weighted by atomic mass is 9.94. The van der Waals surface area contributed by atoms with Crippen molar-refractivity contribution in [3.63, 3.8) is 0 Å². The summed E-state index contributed by atoms with van der Waals surface area (Å²) in [5.41, 5.74) is 3.38. The Balaban J connectivity index is 1.81. The van der Waals surface area contributed by atoms with Gasteiger partial charge in [-0.3, -0.25) is 9.78 Å². The number of ether oxygens (including phenoxy) is 1. The van der Waals surface area contributed by atoms with Crippen LogP contribution in [-0.2, 0) is 0 Å². The Hall–Kier alpha value is -2.47. The third kappa shape index (κ3) is 3.09. The van der Waals surface area contributed by atoms with Crippen molar-refractivity contribution in [3.8, 4) is 5.75 Å². The molecule has 3 aromatic rings. The molecular weight excluding hydrogens is 425 g/mol. The minimum absolute atomic E-state index is 0.0482. The van der Waals surface area contributed by atoms with E-state index in [1.807, 2.05) is 72.8 Å². The molecule has 0 aliphatic carbocycles. The molecule has 0 bridgehead atoms. The molecule has 0 amide bonds. The van der Waals surface area contributed by atoms with Crippen molar-refractivity contribution in [2.45, 2.75) is 6.10 Å². The summed E-state index contributed by atoms with van der Waals surface area (Å²) < 4.78 is 6.91. The Bertz CT molecular complexity index is 966. The number of carbonyl (C=O) groups is 1. The van der Waals surface area contributed by atoms with Crippen molar-refractivity contribution in [2.24, 2.45) is 0 Å². The van der Waals surface area contributed by atoms with Gasteiger partial charge in [0.1, 0.15) is 5.75 Å². The van der Waals surface area contributed by atoms with Gasteiger partial charge < -0.3 is 4.74 Å². The van der Waals surface area contributed by atoms with Crippen LogP contribution in [0.2, 0.25) is 0 Å². The molecule has 0 spiro atoms. The van der Waals surface area contributed by atoms with Crippen molar-refractivity contribution in [3.05, 3.63) is 99.4 Å². The number of benzene rings is 2. The minimum Gasteiger partial charge on any atom is -0.477 e. The number of halogens is 1. The van der Waals surface area contributed by atoms with Gasteiger partial charge >= 0.3 is 0 Å². The Morgan fingerprint density at radius 2 is 1.72 bits per heavy atom. The maximum atomic E-state index is 13.0. The molecule has 0 radical (unpaired) electrons. The molecule has 122 valence electrons. The number of nitrogens with zero attached hydrogens (tertiary/aromatic N) is 1. The molecule has 0 N–H and O–H groups in total. The van der Waals surface area contributed by atoms with Crippen LogP contribution in [0, 0.1) is 3.57 Å². The Kier molecular flexibility index (Phi) is 4.36. The Morgan fingerprint density at radius 3 is 2.52 bits per heavy atom. The van der Waals surface area contributed by atoms with Gasteiger partial charge in [0.2, 0.25) is 5.78 Å². The second-order valence-electron chi connectivity index (χ2n) is 5.67. The van der Waals surface area contributed by atoms with Gasteiger partial charge in [-0.25, -0.2) is 0 Å². The number of pyridine rings is 1. The molecule has 0 fully saturated rings. The van der Waals surface area contributed by atoms with Crippen LogP contribution in [-0.4, -0.2) is 16.9 Å². The van der Waals surface area contributed by atoms with Crippen LogP contribution in [0.3, 0.4) is 0 Å². The average Bonchev–Trinajstić information content (AvgIpc) is 2.67. The molecule has 0 saturated heterocycles. The van der Waals surface area contributed by atoms with Crippen LogP contribution in [0.1, 0.15) is 21.6 Å². The number of hydrogen-bond acceptors (Lipinski definition) is 3. The molecule has 2 heterocycles. The van der Waals surface area contributed by atoms with E-state index in [0.717, 1.165) is 20.4 Å². The maximum absolute atomic E-state index is 13.0. The summed E-state index contributed by atoms with van der Waals surface area (Å²) in [6, 6.07) is 21.1. The number of Topliss-reactive ketones (excluding diaryl/α,β-unsaturated/α-hetero) is 1. The molecule has 4 rings (SSSR count). The van der Waals surface area contributed by atoms with Crippen LogP contribution in [0.25, 0.3) is 5.57 Å². The van der Waals surface area contributed by atoms with Crippen LogP contribution in [0.4, 0.5) is 0 Å². The topological polar surface area (TPSA) is 39.2 Å². The number of hydrogen-bond donors (Lipinski definition) is 0. The molecule has 1 atom stereocenters. The number of rotatable bonds is 3. The predicted octanol–water partition coefficient (Wildman–Crippen LogP) is 4.76. The van der Waals surface area contributed by atoms with Gasteiger partial charge in [-0.2, -0.15) is 0 Å². The number of carbonyl (C=O) groups excluding carboxylic acids is 1. The van der Waals surface area contributed by atoms with Crippen molar-refractivity contribution in [1.82, 2.24) is 4.98 Å². The van der Waals surface area contributed by atoms with Gasteiger partial charge in [0, 0.05) is 26.5 Å². The summed E-state index contributed by atoms with van der Waals surface area (Å²) in [5.74, 6) is 0.655. The molecule has 25 heavy (non-hydrogen) atoms. The van der Waals surface area contributed by atoms with E-state index in [0.29, 0.717) is 11.3 Å². The molecule has 0 saturated carbocycles. The monoisotopic (exact) mass is 439 g/mol. The van der Waals surface area contributed by atoms with Crippen molar-refractivity contribution < 1.29 is 9.53 Å². The summed E-state index contributed by atoms with van der Waals surface area (Å²) in [4.78, 5) is 17.5. The molecule has 1 aliphatic rings. The first-order valence-corrected chi connectivity index (χ1v) is 9.00. The third-order valence-electron chi connectivity index (χ3n) is 4.09. The summed E-state index contributed by atoms with van der Waals surface area (Å²) >= 11 is 2.18. The Morgan fingerprint density at radius 1 is 0.960 bits per heavy atom. The lowest BCUT2D eigenvalue weighted by Gasteiger charge is -2.25. The van der Waals surface area contributed by atoms with Crippen LogP contribution < -0.4 is 4.74 Å². The van der Waals surface area contributed by atoms with E-state index in [9.17, 15) is 4.79 Å². The fourth-order valence-electron chi connectivity index (χ4n) is 2.89. The van der Waals surface area contributed by atoms with E-state index in [1.54, 1.807) is 6.20 Å². The van der Waals surface area contributed by atoms with Crippen molar-refractivity contribution in [2.75, 3.05) is 0 Å². The zero-order valence-corrected chi connectivity index (χ0v) is 15.4. The fourth-order valence-corrected chi connectivity index (χ4v) is 3.55. The van der Waals surface area contributed by atoms with Crippen LogP contribution in [0.5, 0.6) is 5.75 Å². The molecule has 3 nitrogen and oxygen atoms in total. The lowest BCUT2D eigenvalue weighted by molar-refractivity contribution is 0.0848. The molecule has 1 unspecified atom stereocenters. The SMILES string of the molecule is O=C(c1ccccc1I)C1C=C(c2ccccn2)c2ccccc2O1. The highest BCUT2D eigenvalue weighted by Crippen LogP contribution is 2.36. The number of aromatic nitrogens is 1. The second kappa shape index (κ2) is 6.80. The van der Waals surface area contributed by atoms with E-state index in [-0.39, 0.29) is 5.78 Å². The molecule has 2 aromatic carbocycles. The van der Waals surface area contributed by atoms with Gasteiger partial charge in [0.05, 0.1) is 5.69 Å². The lowest BCUT2D eigenvalue weighted by Crippen LogP contribution is -2.29. The normalized spacial score (nSPS) is 15.7. The predicted molar refractivity (Wildman–Crippen MR) is 106 cm³/mol. The van der Waals surface area contributed by atoms with E-state index in [1.165, 1.54) is 0 Å². The maximum Gasteiger partial charge on any atom is 0.208 e. The first-order valence-electron chi connectivity index (χ1n) is 7.92. The quantitative estimate of drug-likeness (QED) is 0.437. The summed E-state index contributed by atoms with van der Waals surface area (Å²) in [5, 5.41) is 0. The smallest absolute Gasteiger partial charge is 0.208 e. The third-order valence-corrected chi connectivity index (χ3v) is 5.03. The van der Waals surface area contributed by atoms with Crippen molar-refractivity contribution in [1.29, 1.82) is 0 Å². The molecular formula is C21H14INO2. The fraction of sp³-hybridized carbons (Fsp3) is 0.0476. The number of fused-ring (bicyclic) bond motifs is 1. The van der Waals surface area contributed by atoms with Crippen LogP contribution in [0.15, 0.2) is 79.0 Å². The Labute approximate surface area is 159 Å². The standard InChI is InChI=1S/C21H14INO2/c22-17-9-3-1-8-15(17)21(24)20-13-16(18-10-5-6-12-23-18)14-7-2-4-11-19(14)25-20/h1-13,20H. The van der Waals surface area contributed by atoms with Gasteiger partial charge in [-0.1, -0.05) is 42.5 Å². The van der Waals surface area contributed by atoms with Gasteiger partial charge in [-0.05, 0) is 52.9 Å². The molecule has 1 aromatic heterocycles. The number of para-hydroxylation sites is 1. The largest absolute Gasteiger partial charge is 0.477 e. The summed E-state index contributed by atoms with van der Waals surface area (Å²) in [6.07, 6.45) is 2.96. The summed E-state index contributed by atoms with van der Waals surface area (Å²) in [6.45, 7) is 0. The highest BCUT2D eigenvalue weighted by Gasteiger charge is 2.28. The van der Waals surface area contributed by atoms with E-state index in [2.05, 4.69) is 27.6 Å². The zero-order chi connectivity index (χ0) is 17.2. The highest BCUT2D eigenvalue weighted by molar-refractivity contribution is 14.1. The number of ketones is 1. The minimum atomic E-state index is -0.664. The summed E-state index contributed by atoms with van der Waals surface area (Å²) in [7, 11) is 0. The van der Waals surface area contributed by atoms with Crippen molar-refractivity contribution >= 4 is 33.9 Å². The first-order chi connectivity index (χ1) is 12.2. The van der Waals surface area contributed by atoms with E-state index in [4.69, 9.17) is 4.74 Å². The average molecular weight is 439 g/mol. The highest BCUT2D eigenvalue weighted by atomic mass is 127. The van der Waals surface area contributed by atoms with Gasteiger partial charge in [0.25, 0.3) is 0 Å². The van der Waals surface area contributed by atoms with Gasteiger partial charge in [-0.15, -0.1) is 0 Å². The first kappa shape index (κ1) is 16.0. The van der Waals surface area contributed by atoms with Crippen LogP contribution >= 0.6 is 22.6 Å². The molecule has 4 heteroatoms. The zero-order valence-electron chi connectivity index (χ0n) is 13.2. The van der Waals surface area contributed by atoms with E-state index < -0.39 is 6.10 Å². The van der Waals surface area contributed by atoms with E-state index >= 15 is 0 Å².